The Kier molecular flexibility index (Phi) is 14.2. The van der Waals surface area contributed by atoms with Crippen molar-refractivity contribution in [2.24, 2.45) is 0 Å². The molecule has 2 N–H and O–H groups in total. The quantitative estimate of drug-likeness (QED) is 0.486. The van der Waals surface area contributed by atoms with E-state index in [0.717, 1.165) is 51.4 Å². The van der Waals surface area contributed by atoms with Crippen LogP contribution in [0.15, 0.2) is 0 Å². The number of nitrogens with one attached hydrogen (secondary N) is 2. The molecular formula is C18H36N2O4. The first-order valence-corrected chi connectivity index (χ1v) is 9.46. The van der Waals surface area contributed by atoms with Crippen molar-refractivity contribution in [3.8, 4) is 0 Å². The molecule has 0 aliphatic carbocycles. The maximum atomic E-state index is 11.5. The lowest BCUT2D eigenvalue weighted by Gasteiger charge is -2.15. The fourth-order valence-corrected chi connectivity index (χ4v) is 2.28. The number of hydrogen-bond donors (Lipinski definition) is 2. The zero-order valence-electron chi connectivity index (χ0n) is 15.9. The Morgan fingerprint density at radius 3 is 1.29 bits per heavy atom. The van der Waals surface area contributed by atoms with Crippen molar-refractivity contribution in [3.05, 3.63) is 0 Å². The highest BCUT2D eigenvalue weighted by atomic mass is 16.6. The largest absolute Gasteiger partial charge is 0.446 e. The summed E-state index contributed by atoms with van der Waals surface area (Å²) in [5, 5.41) is 5.55. The summed E-state index contributed by atoms with van der Waals surface area (Å²) in [4.78, 5) is 23.0. The molecule has 0 aromatic rings. The number of ether oxygens (including phenoxy) is 2. The Bertz CT molecular complexity index is 297. The zero-order valence-corrected chi connectivity index (χ0v) is 15.9. The molecule has 0 fully saturated rings. The van der Waals surface area contributed by atoms with E-state index in [1.54, 1.807) is 0 Å². The number of carbonyl (C=O) groups is 2. The van der Waals surface area contributed by atoms with E-state index >= 15 is 0 Å². The van der Waals surface area contributed by atoms with Crippen LogP contribution >= 0.6 is 0 Å². The standard InChI is InChI=1S/C18H36N2O4/c1-5-15(6-2)23-17(21)19-13-11-9-10-12-14-20-18(22)24-16(7-3)8-4/h15-16H,5-14H2,1-4H3,(H,19,21)(H,20,22). The summed E-state index contributed by atoms with van der Waals surface area (Å²) < 4.78 is 10.5. The van der Waals surface area contributed by atoms with Crippen LogP contribution in [-0.2, 0) is 9.47 Å². The van der Waals surface area contributed by atoms with Gasteiger partial charge in [0.05, 0.1) is 0 Å². The van der Waals surface area contributed by atoms with Gasteiger partial charge in [-0.3, -0.25) is 0 Å². The third-order valence-electron chi connectivity index (χ3n) is 4.01. The molecule has 0 aliphatic rings. The Morgan fingerprint density at radius 1 is 0.667 bits per heavy atom. The molecule has 0 saturated carbocycles. The van der Waals surface area contributed by atoms with Gasteiger partial charge in [0.2, 0.25) is 0 Å². The van der Waals surface area contributed by atoms with Crippen LogP contribution in [0.5, 0.6) is 0 Å². The first kappa shape index (κ1) is 22.5. The number of hydrogen-bond acceptors (Lipinski definition) is 4. The van der Waals surface area contributed by atoms with Gasteiger partial charge in [0.15, 0.2) is 0 Å². The van der Waals surface area contributed by atoms with E-state index in [4.69, 9.17) is 9.47 Å². The number of rotatable bonds is 13. The van der Waals surface area contributed by atoms with Crippen molar-refractivity contribution in [1.29, 1.82) is 0 Å². The molecular weight excluding hydrogens is 308 g/mol. The van der Waals surface area contributed by atoms with Crippen LogP contribution in [-0.4, -0.2) is 37.5 Å². The molecule has 0 spiro atoms. The molecule has 24 heavy (non-hydrogen) atoms. The summed E-state index contributed by atoms with van der Waals surface area (Å²) in [5.41, 5.74) is 0. The second kappa shape index (κ2) is 15.1. The maximum absolute atomic E-state index is 11.5. The van der Waals surface area contributed by atoms with E-state index in [-0.39, 0.29) is 24.4 Å². The second-order valence-corrected chi connectivity index (χ2v) is 5.96. The summed E-state index contributed by atoms with van der Waals surface area (Å²) in [6.45, 7) is 9.30. The topological polar surface area (TPSA) is 76.7 Å². The maximum Gasteiger partial charge on any atom is 0.407 e. The van der Waals surface area contributed by atoms with Crippen molar-refractivity contribution >= 4 is 12.2 Å². The lowest BCUT2D eigenvalue weighted by molar-refractivity contribution is 0.0919. The molecule has 0 unspecified atom stereocenters. The van der Waals surface area contributed by atoms with Crippen molar-refractivity contribution in [3.63, 3.8) is 0 Å². The highest BCUT2D eigenvalue weighted by Gasteiger charge is 2.10. The van der Waals surface area contributed by atoms with E-state index in [1.165, 1.54) is 0 Å². The normalized spacial score (nSPS) is 10.8. The molecule has 142 valence electrons. The molecule has 0 heterocycles. The van der Waals surface area contributed by atoms with Crippen molar-refractivity contribution in [2.75, 3.05) is 13.1 Å². The van der Waals surface area contributed by atoms with Crippen LogP contribution in [0.4, 0.5) is 9.59 Å². The van der Waals surface area contributed by atoms with Gasteiger partial charge in [0.25, 0.3) is 0 Å². The van der Waals surface area contributed by atoms with E-state index in [2.05, 4.69) is 10.6 Å². The molecule has 6 nitrogen and oxygen atoms in total. The van der Waals surface area contributed by atoms with Gasteiger partial charge < -0.3 is 20.1 Å². The minimum atomic E-state index is -0.325. The Hall–Kier alpha value is -1.46. The lowest BCUT2D eigenvalue weighted by atomic mass is 10.2. The summed E-state index contributed by atoms with van der Waals surface area (Å²) in [5.74, 6) is 0. The van der Waals surface area contributed by atoms with Crippen LogP contribution in [0.25, 0.3) is 0 Å². The lowest BCUT2D eigenvalue weighted by Crippen LogP contribution is -2.29. The molecule has 0 aliphatic heterocycles. The first-order chi connectivity index (χ1) is 11.6. The van der Waals surface area contributed by atoms with Gasteiger partial charge in [-0.05, 0) is 38.5 Å². The summed E-state index contributed by atoms with van der Waals surface area (Å²) in [7, 11) is 0. The van der Waals surface area contributed by atoms with Crippen molar-refractivity contribution in [2.45, 2.75) is 91.3 Å². The minimum absolute atomic E-state index is 0.0100. The molecule has 0 rings (SSSR count). The van der Waals surface area contributed by atoms with Crippen LogP contribution in [0.3, 0.4) is 0 Å². The SMILES string of the molecule is CCC(CC)OC(=O)NCCCCCCNC(=O)OC(CC)CC. The van der Waals surface area contributed by atoms with Crippen LogP contribution in [0, 0.1) is 0 Å². The van der Waals surface area contributed by atoms with Gasteiger partial charge in [-0.15, -0.1) is 0 Å². The van der Waals surface area contributed by atoms with E-state index in [1.807, 2.05) is 27.7 Å². The number of amides is 2. The van der Waals surface area contributed by atoms with Crippen LogP contribution in [0.2, 0.25) is 0 Å². The highest BCUT2D eigenvalue weighted by molar-refractivity contribution is 5.67. The van der Waals surface area contributed by atoms with Gasteiger partial charge in [-0.1, -0.05) is 40.5 Å². The third kappa shape index (κ3) is 12.0. The first-order valence-electron chi connectivity index (χ1n) is 9.46. The molecule has 0 saturated heterocycles. The molecule has 0 aromatic heterocycles. The van der Waals surface area contributed by atoms with Gasteiger partial charge in [0.1, 0.15) is 12.2 Å². The van der Waals surface area contributed by atoms with E-state index in [9.17, 15) is 9.59 Å². The van der Waals surface area contributed by atoms with Gasteiger partial charge in [-0.25, -0.2) is 9.59 Å². The number of unbranched alkanes of at least 4 members (excludes halogenated alkanes) is 3. The predicted octanol–water partition coefficient (Wildman–Crippen LogP) is 4.38. The smallest absolute Gasteiger partial charge is 0.407 e. The minimum Gasteiger partial charge on any atom is -0.446 e. The number of alkyl carbamates (subject to hydrolysis) is 2. The molecule has 0 aromatic carbocycles. The van der Waals surface area contributed by atoms with E-state index in [0.29, 0.717) is 13.1 Å². The Labute approximate surface area is 147 Å². The van der Waals surface area contributed by atoms with Crippen molar-refractivity contribution in [1.82, 2.24) is 10.6 Å². The van der Waals surface area contributed by atoms with Gasteiger partial charge in [-0.2, -0.15) is 0 Å². The van der Waals surface area contributed by atoms with Crippen molar-refractivity contribution < 1.29 is 19.1 Å². The Balaban J connectivity index is 3.48. The summed E-state index contributed by atoms with van der Waals surface area (Å²) >= 11 is 0. The van der Waals surface area contributed by atoms with Gasteiger partial charge >= 0.3 is 12.2 Å². The average molecular weight is 344 g/mol. The fourth-order valence-electron chi connectivity index (χ4n) is 2.28. The number of carbonyl (C=O) groups excluding carboxylic acids is 2. The van der Waals surface area contributed by atoms with Crippen LogP contribution in [0.1, 0.15) is 79.1 Å². The second-order valence-electron chi connectivity index (χ2n) is 5.96. The fraction of sp³-hybridized carbons (Fsp3) is 0.889. The molecule has 0 bridgehead atoms. The van der Waals surface area contributed by atoms with Gasteiger partial charge in [0, 0.05) is 13.1 Å². The molecule has 0 radical (unpaired) electrons. The Morgan fingerprint density at radius 2 is 1.00 bits per heavy atom. The summed E-state index contributed by atoms with van der Waals surface area (Å²) in [6, 6.07) is 0. The third-order valence-corrected chi connectivity index (χ3v) is 4.01. The molecule has 2 amide bonds. The average Bonchev–Trinajstić information content (AvgIpc) is 2.59. The summed E-state index contributed by atoms with van der Waals surface area (Å²) in [6.07, 6.45) is 6.59. The highest BCUT2D eigenvalue weighted by Crippen LogP contribution is 2.04. The monoisotopic (exact) mass is 344 g/mol. The predicted molar refractivity (Wildman–Crippen MR) is 96.2 cm³/mol. The van der Waals surface area contributed by atoms with Crippen LogP contribution < -0.4 is 10.6 Å². The van der Waals surface area contributed by atoms with E-state index < -0.39 is 0 Å². The zero-order chi connectivity index (χ0) is 18.2. The molecule has 6 heteroatoms. The molecule has 0 atom stereocenters.